The lowest BCUT2D eigenvalue weighted by Gasteiger charge is -2.09. The molecule has 0 spiro atoms. The molecule has 0 saturated heterocycles. The third kappa shape index (κ3) is 3.12. The number of methoxy groups -OCH3 is 2. The van der Waals surface area contributed by atoms with Gasteiger partial charge >= 0.3 is 0 Å². The van der Waals surface area contributed by atoms with Gasteiger partial charge in [-0.1, -0.05) is 36.4 Å². The van der Waals surface area contributed by atoms with Crippen molar-refractivity contribution in [1.82, 2.24) is 29.4 Å². The molecule has 150 valence electrons. The van der Waals surface area contributed by atoms with Gasteiger partial charge in [-0.2, -0.15) is 5.10 Å². The van der Waals surface area contributed by atoms with Crippen LogP contribution in [0.4, 0.5) is 0 Å². The molecule has 8 nitrogen and oxygen atoms in total. The first-order valence-electron chi connectivity index (χ1n) is 9.56. The third-order valence-electron chi connectivity index (χ3n) is 5.10. The molecular weight excluding hydrogens is 380 g/mol. The van der Waals surface area contributed by atoms with Crippen LogP contribution >= 0.6 is 0 Å². The van der Waals surface area contributed by atoms with Gasteiger partial charge in [0.25, 0.3) is 0 Å². The van der Waals surface area contributed by atoms with Gasteiger partial charge in [-0.15, -0.1) is 10.2 Å². The lowest BCUT2D eigenvalue weighted by Crippen LogP contribution is -2.03. The minimum atomic E-state index is 0.590. The van der Waals surface area contributed by atoms with Crippen LogP contribution in [0.2, 0.25) is 0 Å². The highest BCUT2D eigenvalue weighted by atomic mass is 16.5. The molecule has 0 aliphatic rings. The highest BCUT2D eigenvalue weighted by Crippen LogP contribution is 2.28. The van der Waals surface area contributed by atoms with Gasteiger partial charge in [-0.05, 0) is 23.3 Å². The zero-order valence-corrected chi connectivity index (χ0v) is 16.7. The summed E-state index contributed by atoms with van der Waals surface area (Å²) in [5, 5.41) is 14.2. The highest BCUT2D eigenvalue weighted by molar-refractivity contribution is 5.88. The molecule has 30 heavy (non-hydrogen) atoms. The van der Waals surface area contributed by atoms with Crippen molar-refractivity contribution in [2.45, 2.75) is 13.0 Å². The molecule has 5 aromatic rings. The van der Waals surface area contributed by atoms with E-state index >= 15 is 0 Å². The van der Waals surface area contributed by atoms with Crippen LogP contribution in [0, 0.1) is 0 Å². The smallest absolute Gasteiger partial charge is 0.174 e. The minimum Gasteiger partial charge on any atom is -0.493 e. The first kappa shape index (κ1) is 18.1. The van der Waals surface area contributed by atoms with E-state index in [2.05, 4.69) is 32.4 Å². The Bertz CT molecular complexity index is 1330. The van der Waals surface area contributed by atoms with E-state index in [0.29, 0.717) is 24.5 Å². The van der Waals surface area contributed by atoms with Crippen LogP contribution in [0.3, 0.4) is 0 Å². The first-order valence-corrected chi connectivity index (χ1v) is 9.56. The van der Waals surface area contributed by atoms with Crippen molar-refractivity contribution in [3.8, 4) is 11.5 Å². The van der Waals surface area contributed by atoms with Gasteiger partial charge in [-0.3, -0.25) is 4.40 Å². The Labute approximate surface area is 172 Å². The number of hydrogen-bond donors (Lipinski definition) is 0. The molecular formula is C22H20N6O2. The maximum Gasteiger partial charge on any atom is 0.174 e. The van der Waals surface area contributed by atoms with Gasteiger partial charge in [0, 0.05) is 6.42 Å². The highest BCUT2D eigenvalue weighted by Gasteiger charge is 2.15. The first-order chi connectivity index (χ1) is 14.8. The predicted octanol–water partition coefficient (Wildman–Crippen LogP) is 3.13. The van der Waals surface area contributed by atoms with E-state index in [-0.39, 0.29) is 0 Å². The zero-order chi connectivity index (χ0) is 20.5. The molecule has 0 radical (unpaired) electrons. The molecule has 3 aromatic heterocycles. The largest absolute Gasteiger partial charge is 0.493 e. The van der Waals surface area contributed by atoms with Gasteiger partial charge in [0.15, 0.2) is 22.8 Å². The number of nitrogens with zero attached hydrogens (tertiary/aromatic N) is 6. The van der Waals surface area contributed by atoms with E-state index in [1.165, 1.54) is 5.56 Å². The molecule has 0 aliphatic carbocycles. The summed E-state index contributed by atoms with van der Waals surface area (Å²) in [6.07, 6.45) is 4.15. The van der Waals surface area contributed by atoms with Crippen LogP contribution < -0.4 is 9.47 Å². The second kappa shape index (κ2) is 7.47. The van der Waals surface area contributed by atoms with Crippen molar-refractivity contribution in [3.05, 3.63) is 78.0 Å². The summed E-state index contributed by atoms with van der Waals surface area (Å²) in [6.45, 7) is 0.653. The Kier molecular flexibility index (Phi) is 4.51. The summed E-state index contributed by atoms with van der Waals surface area (Å²) < 4.78 is 14.5. The maximum atomic E-state index is 5.40. The molecule has 5 rings (SSSR count). The summed E-state index contributed by atoms with van der Waals surface area (Å²) in [5.74, 6) is 2.18. The summed E-state index contributed by atoms with van der Waals surface area (Å²) in [4.78, 5) is 4.64. The van der Waals surface area contributed by atoms with E-state index in [0.717, 1.165) is 28.1 Å². The normalized spacial score (nSPS) is 11.3. The molecule has 8 heteroatoms. The summed E-state index contributed by atoms with van der Waals surface area (Å²) in [7, 11) is 3.25. The maximum absolute atomic E-state index is 5.40. The number of fused-ring (bicyclic) bond motifs is 3. The molecule has 3 heterocycles. The van der Waals surface area contributed by atoms with Crippen LogP contribution in [-0.2, 0) is 13.0 Å². The van der Waals surface area contributed by atoms with Crippen LogP contribution in [0.5, 0.6) is 11.5 Å². The molecule has 0 fully saturated rings. The molecule has 0 bridgehead atoms. The summed E-state index contributed by atoms with van der Waals surface area (Å²) in [5.41, 5.74) is 3.74. The van der Waals surface area contributed by atoms with Gasteiger partial charge in [0.1, 0.15) is 12.2 Å². The van der Waals surface area contributed by atoms with Crippen LogP contribution in [0.1, 0.15) is 17.0 Å². The van der Waals surface area contributed by atoms with E-state index < -0.39 is 0 Å². The van der Waals surface area contributed by atoms with Crippen LogP contribution in [-0.4, -0.2) is 43.6 Å². The molecule has 0 aliphatic heterocycles. The van der Waals surface area contributed by atoms with E-state index in [4.69, 9.17) is 9.47 Å². The second-order valence-electron chi connectivity index (χ2n) is 6.95. The monoisotopic (exact) mass is 400 g/mol. The molecule has 0 unspecified atom stereocenters. The van der Waals surface area contributed by atoms with Crippen molar-refractivity contribution in [2.24, 2.45) is 0 Å². The van der Waals surface area contributed by atoms with Gasteiger partial charge < -0.3 is 9.47 Å². The molecule has 0 amide bonds. The Morgan fingerprint density at radius 2 is 1.70 bits per heavy atom. The van der Waals surface area contributed by atoms with Crippen LogP contribution in [0.15, 0.2) is 61.1 Å². The minimum absolute atomic E-state index is 0.590. The van der Waals surface area contributed by atoms with Gasteiger partial charge in [0.05, 0.1) is 32.3 Å². The predicted molar refractivity (Wildman–Crippen MR) is 112 cm³/mol. The van der Waals surface area contributed by atoms with E-state index in [1.807, 2.05) is 45.5 Å². The Morgan fingerprint density at radius 3 is 2.50 bits per heavy atom. The number of ether oxygens (including phenoxy) is 2. The fraction of sp³-hybridized carbons (Fsp3) is 0.182. The molecule has 0 saturated carbocycles. The second-order valence-corrected chi connectivity index (χ2v) is 6.95. The van der Waals surface area contributed by atoms with Gasteiger partial charge in [-0.25, -0.2) is 9.67 Å². The number of aromatic nitrogens is 6. The fourth-order valence-electron chi connectivity index (χ4n) is 3.58. The number of rotatable bonds is 6. The van der Waals surface area contributed by atoms with Gasteiger partial charge in [0.2, 0.25) is 0 Å². The Balaban J connectivity index is 1.49. The average molecular weight is 400 g/mol. The lowest BCUT2D eigenvalue weighted by atomic mass is 10.1. The summed E-state index contributed by atoms with van der Waals surface area (Å²) in [6, 6.07) is 16.0. The average Bonchev–Trinajstić information content (AvgIpc) is 3.38. The molecule has 0 N–H and O–H groups in total. The third-order valence-corrected chi connectivity index (χ3v) is 5.10. The van der Waals surface area contributed by atoms with Crippen LogP contribution in [0.25, 0.3) is 16.7 Å². The standard InChI is InChI=1S/C22H20N6O2/c1-29-18-9-8-16(10-19(18)30-2)11-20-25-26-22-17-12-24-28(21(17)23-14-27(20)22)13-15-6-4-3-5-7-15/h3-10,12,14H,11,13H2,1-2H3. The molecule has 2 aromatic carbocycles. The van der Waals surface area contributed by atoms with Crippen molar-refractivity contribution >= 4 is 16.7 Å². The Morgan fingerprint density at radius 1 is 0.867 bits per heavy atom. The quantitative estimate of drug-likeness (QED) is 0.436. The topological polar surface area (TPSA) is 79.4 Å². The zero-order valence-electron chi connectivity index (χ0n) is 16.7. The van der Waals surface area contributed by atoms with Crippen molar-refractivity contribution in [3.63, 3.8) is 0 Å². The SMILES string of the molecule is COc1ccc(Cc2nnc3c4cnn(Cc5ccccc5)c4ncn23)cc1OC. The lowest BCUT2D eigenvalue weighted by molar-refractivity contribution is 0.354. The fourth-order valence-corrected chi connectivity index (χ4v) is 3.58. The molecule has 0 atom stereocenters. The van der Waals surface area contributed by atoms with Crippen molar-refractivity contribution < 1.29 is 9.47 Å². The number of benzene rings is 2. The van der Waals surface area contributed by atoms with E-state index in [9.17, 15) is 0 Å². The number of hydrogen-bond acceptors (Lipinski definition) is 6. The Hall–Kier alpha value is -3.94. The van der Waals surface area contributed by atoms with Crippen molar-refractivity contribution in [1.29, 1.82) is 0 Å². The van der Waals surface area contributed by atoms with Crippen molar-refractivity contribution in [2.75, 3.05) is 14.2 Å². The summed E-state index contributed by atoms with van der Waals surface area (Å²) >= 11 is 0. The van der Waals surface area contributed by atoms with E-state index in [1.54, 1.807) is 26.7 Å².